The van der Waals surface area contributed by atoms with E-state index in [-0.39, 0.29) is 23.1 Å². The summed E-state index contributed by atoms with van der Waals surface area (Å²) in [6.45, 7) is 1.63. The zero-order valence-corrected chi connectivity index (χ0v) is 17.6. The standard InChI is InChI=1S/C21H23FN8S/c22-16-14(3-7-27-18(16)24)31-20-19(25)29-15(11-28-20)30-8-4-21(5-9-30)10-13-12(17(21)23)2-1-6-26-13/h1-3,6-7,11,17H,4-5,8-10,23H2,(H2,24,27)(H2,25,29)/t17-/m1/s1. The number of hydrogen-bond acceptors (Lipinski definition) is 9. The minimum Gasteiger partial charge on any atom is -0.381 e. The number of anilines is 3. The van der Waals surface area contributed by atoms with Gasteiger partial charge in [0.1, 0.15) is 10.8 Å². The molecule has 31 heavy (non-hydrogen) atoms. The van der Waals surface area contributed by atoms with Crippen molar-refractivity contribution in [1.29, 1.82) is 0 Å². The Morgan fingerprint density at radius 2 is 1.87 bits per heavy atom. The van der Waals surface area contributed by atoms with E-state index < -0.39 is 5.82 Å². The maximum Gasteiger partial charge on any atom is 0.179 e. The Hall–Kier alpha value is -2.98. The molecule has 10 heteroatoms. The van der Waals surface area contributed by atoms with Crippen molar-refractivity contribution in [2.24, 2.45) is 11.1 Å². The maximum absolute atomic E-state index is 14.1. The Labute approximate surface area is 183 Å². The first-order chi connectivity index (χ1) is 15.0. The van der Waals surface area contributed by atoms with E-state index in [4.69, 9.17) is 17.2 Å². The number of piperidine rings is 1. The molecule has 6 N–H and O–H groups in total. The van der Waals surface area contributed by atoms with E-state index in [1.165, 1.54) is 17.8 Å². The van der Waals surface area contributed by atoms with Crippen molar-refractivity contribution in [1.82, 2.24) is 19.9 Å². The Morgan fingerprint density at radius 1 is 1.06 bits per heavy atom. The number of rotatable bonds is 3. The monoisotopic (exact) mass is 438 g/mol. The maximum atomic E-state index is 14.1. The van der Waals surface area contributed by atoms with Crippen molar-refractivity contribution in [3.05, 3.63) is 53.9 Å². The van der Waals surface area contributed by atoms with E-state index in [1.54, 1.807) is 6.20 Å². The first kappa shape index (κ1) is 20.0. The van der Waals surface area contributed by atoms with Gasteiger partial charge < -0.3 is 22.1 Å². The Kier molecular flexibility index (Phi) is 4.90. The van der Waals surface area contributed by atoms with Gasteiger partial charge in [-0.1, -0.05) is 17.8 Å². The summed E-state index contributed by atoms with van der Waals surface area (Å²) in [5.74, 6) is 0.237. The highest BCUT2D eigenvalue weighted by Gasteiger charge is 2.46. The molecule has 0 aromatic carbocycles. The van der Waals surface area contributed by atoms with Crippen LogP contribution in [0.1, 0.15) is 30.1 Å². The van der Waals surface area contributed by atoms with Crippen LogP contribution in [-0.4, -0.2) is 33.0 Å². The summed E-state index contributed by atoms with van der Waals surface area (Å²) in [5.41, 5.74) is 20.6. The Balaban J connectivity index is 1.29. The number of nitrogens with two attached hydrogens (primary N) is 3. The van der Waals surface area contributed by atoms with Gasteiger partial charge in [0, 0.05) is 37.2 Å². The van der Waals surface area contributed by atoms with Gasteiger partial charge >= 0.3 is 0 Å². The van der Waals surface area contributed by atoms with Crippen molar-refractivity contribution < 1.29 is 4.39 Å². The largest absolute Gasteiger partial charge is 0.381 e. The molecule has 3 aromatic heterocycles. The zero-order valence-electron chi connectivity index (χ0n) is 16.8. The van der Waals surface area contributed by atoms with E-state index >= 15 is 0 Å². The van der Waals surface area contributed by atoms with Crippen LogP contribution in [0.2, 0.25) is 0 Å². The number of nitrogens with zero attached hydrogens (tertiary/aromatic N) is 5. The second-order valence-corrected chi connectivity index (χ2v) is 9.10. The molecule has 0 unspecified atom stereocenters. The van der Waals surface area contributed by atoms with Gasteiger partial charge in [0.25, 0.3) is 0 Å². The third-order valence-corrected chi connectivity index (χ3v) is 7.40. The summed E-state index contributed by atoms with van der Waals surface area (Å²) in [5, 5.41) is 0.432. The lowest BCUT2D eigenvalue weighted by Gasteiger charge is -2.42. The molecule has 0 bridgehead atoms. The molecule has 1 aliphatic heterocycles. The molecule has 4 heterocycles. The summed E-state index contributed by atoms with van der Waals surface area (Å²) < 4.78 is 14.1. The third-order valence-electron chi connectivity index (χ3n) is 6.36. The van der Waals surface area contributed by atoms with Crippen LogP contribution in [0.4, 0.5) is 21.8 Å². The fraction of sp³-hybridized carbons (Fsp3) is 0.333. The average molecular weight is 439 g/mol. The lowest BCUT2D eigenvalue weighted by molar-refractivity contribution is 0.186. The number of halogens is 1. The number of aromatic nitrogens is 4. The van der Waals surface area contributed by atoms with Crippen molar-refractivity contribution in [3.8, 4) is 0 Å². The van der Waals surface area contributed by atoms with Crippen LogP contribution >= 0.6 is 11.8 Å². The summed E-state index contributed by atoms with van der Waals surface area (Å²) >= 11 is 1.08. The van der Waals surface area contributed by atoms with E-state index in [1.807, 2.05) is 12.3 Å². The zero-order chi connectivity index (χ0) is 21.6. The van der Waals surface area contributed by atoms with Gasteiger partial charge in [0.15, 0.2) is 17.5 Å². The molecule has 1 spiro atoms. The molecule has 2 aliphatic rings. The lowest BCUT2D eigenvalue weighted by Crippen LogP contribution is -2.44. The molecule has 0 amide bonds. The van der Waals surface area contributed by atoms with Gasteiger partial charge in [0.2, 0.25) is 0 Å². The van der Waals surface area contributed by atoms with Gasteiger partial charge in [0.05, 0.1) is 11.1 Å². The second kappa shape index (κ2) is 7.61. The fourth-order valence-electron chi connectivity index (χ4n) is 4.56. The first-order valence-electron chi connectivity index (χ1n) is 10.1. The van der Waals surface area contributed by atoms with Gasteiger partial charge in [-0.25, -0.2) is 19.3 Å². The van der Waals surface area contributed by atoms with Crippen LogP contribution in [-0.2, 0) is 6.42 Å². The van der Waals surface area contributed by atoms with E-state index in [2.05, 4.69) is 30.9 Å². The summed E-state index contributed by atoms with van der Waals surface area (Å²) in [7, 11) is 0. The van der Waals surface area contributed by atoms with Crippen LogP contribution in [0.25, 0.3) is 0 Å². The van der Waals surface area contributed by atoms with Crippen molar-refractivity contribution in [2.45, 2.75) is 35.2 Å². The highest BCUT2D eigenvalue weighted by Crippen LogP contribution is 2.50. The minimum atomic E-state index is -0.581. The highest BCUT2D eigenvalue weighted by atomic mass is 32.2. The fourth-order valence-corrected chi connectivity index (χ4v) is 5.35. The Bertz CT molecular complexity index is 1130. The van der Waals surface area contributed by atoms with Crippen molar-refractivity contribution in [3.63, 3.8) is 0 Å². The van der Waals surface area contributed by atoms with Crippen LogP contribution in [0, 0.1) is 11.2 Å². The molecule has 8 nitrogen and oxygen atoms in total. The molecule has 1 aliphatic carbocycles. The number of nitrogen functional groups attached to an aromatic ring is 2. The molecular weight excluding hydrogens is 415 g/mol. The van der Waals surface area contributed by atoms with E-state index in [0.29, 0.717) is 15.7 Å². The molecule has 5 rings (SSSR count). The molecule has 1 fully saturated rings. The molecule has 0 saturated carbocycles. The molecule has 0 radical (unpaired) electrons. The van der Waals surface area contributed by atoms with Gasteiger partial charge in [-0.15, -0.1) is 0 Å². The summed E-state index contributed by atoms with van der Waals surface area (Å²) in [6.07, 6.45) is 7.79. The minimum absolute atomic E-state index is 0.0102. The predicted molar refractivity (Wildman–Crippen MR) is 118 cm³/mol. The second-order valence-electron chi connectivity index (χ2n) is 8.07. The lowest BCUT2D eigenvalue weighted by atomic mass is 9.73. The summed E-state index contributed by atoms with van der Waals surface area (Å²) in [4.78, 5) is 19.7. The number of fused-ring (bicyclic) bond motifs is 1. The molecule has 3 aromatic rings. The highest BCUT2D eigenvalue weighted by molar-refractivity contribution is 7.99. The summed E-state index contributed by atoms with van der Waals surface area (Å²) in [6, 6.07) is 5.59. The van der Waals surface area contributed by atoms with Crippen LogP contribution in [0.15, 0.2) is 46.7 Å². The number of pyridine rings is 2. The number of hydrogen-bond donors (Lipinski definition) is 3. The van der Waals surface area contributed by atoms with Gasteiger partial charge in [-0.2, -0.15) is 0 Å². The van der Waals surface area contributed by atoms with Gasteiger partial charge in [-0.05, 0) is 42.4 Å². The average Bonchev–Trinajstić information content (AvgIpc) is 3.05. The van der Waals surface area contributed by atoms with Crippen LogP contribution in [0.5, 0.6) is 0 Å². The van der Waals surface area contributed by atoms with E-state index in [9.17, 15) is 4.39 Å². The Morgan fingerprint density at radius 3 is 2.61 bits per heavy atom. The SMILES string of the molecule is Nc1nc(N2CCC3(CC2)Cc2ncccc2[C@H]3N)cnc1Sc1ccnc(N)c1F. The van der Waals surface area contributed by atoms with Crippen LogP contribution < -0.4 is 22.1 Å². The van der Waals surface area contributed by atoms with Crippen molar-refractivity contribution in [2.75, 3.05) is 29.5 Å². The normalized spacial score (nSPS) is 19.5. The molecular formula is C21H23FN8S. The molecule has 1 saturated heterocycles. The van der Waals surface area contributed by atoms with Gasteiger partial charge in [-0.3, -0.25) is 4.98 Å². The topological polar surface area (TPSA) is 133 Å². The molecule has 160 valence electrons. The predicted octanol–water partition coefficient (Wildman–Crippen LogP) is 2.56. The first-order valence-corrected chi connectivity index (χ1v) is 10.9. The third kappa shape index (κ3) is 3.45. The quantitative estimate of drug-likeness (QED) is 0.564. The van der Waals surface area contributed by atoms with Crippen molar-refractivity contribution >= 4 is 29.2 Å². The van der Waals surface area contributed by atoms with Crippen LogP contribution in [0.3, 0.4) is 0 Å². The van der Waals surface area contributed by atoms with E-state index in [0.717, 1.165) is 49.8 Å². The molecule has 1 atom stereocenters. The smallest absolute Gasteiger partial charge is 0.179 e.